The number of imide groups is 1. The van der Waals surface area contributed by atoms with Crippen LogP contribution in [-0.2, 0) is 9.59 Å². The van der Waals surface area contributed by atoms with E-state index < -0.39 is 0 Å². The van der Waals surface area contributed by atoms with Gasteiger partial charge in [-0.25, -0.2) is 0 Å². The Morgan fingerprint density at radius 2 is 1.90 bits per heavy atom. The molecule has 1 aliphatic heterocycles. The van der Waals surface area contributed by atoms with E-state index in [1.807, 2.05) is 14.1 Å². The van der Waals surface area contributed by atoms with Gasteiger partial charge in [-0.1, -0.05) is 19.8 Å². The fraction of sp³-hybridized carbons (Fsp3) is 0.875. The van der Waals surface area contributed by atoms with Crippen molar-refractivity contribution in [2.75, 3.05) is 27.2 Å². The first-order valence-electron chi connectivity index (χ1n) is 7.90. The first-order chi connectivity index (χ1) is 9.42. The molecule has 2 aliphatic rings. The number of rotatable bonds is 4. The summed E-state index contributed by atoms with van der Waals surface area (Å²) >= 11 is 0. The molecule has 1 spiro atoms. The Kier molecular flexibility index (Phi) is 4.84. The van der Waals surface area contributed by atoms with Crippen molar-refractivity contribution in [3.8, 4) is 0 Å². The van der Waals surface area contributed by atoms with Crippen molar-refractivity contribution in [3.05, 3.63) is 0 Å². The molecule has 1 aliphatic carbocycles. The first kappa shape index (κ1) is 15.5. The standard InChI is InChI=1S/C16H28N2O2/c1-13-6-4-7-16(10-13)11-14(19)18(15(20)12-16)9-5-8-17(2)3/h13H,4-12H2,1-3H3/t13-/m0/s1. The summed E-state index contributed by atoms with van der Waals surface area (Å²) in [6, 6.07) is 0. The van der Waals surface area contributed by atoms with Crippen molar-refractivity contribution < 1.29 is 9.59 Å². The lowest BCUT2D eigenvalue weighted by Gasteiger charge is -2.44. The number of hydrogen-bond acceptors (Lipinski definition) is 3. The van der Waals surface area contributed by atoms with Gasteiger partial charge >= 0.3 is 0 Å². The maximum Gasteiger partial charge on any atom is 0.229 e. The summed E-state index contributed by atoms with van der Waals surface area (Å²) in [5, 5.41) is 0. The minimum Gasteiger partial charge on any atom is -0.309 e. The zero-order valence-corrected chi connectivity index (χ0v) is 13.2. The highest BCUT2D eigenvalue weighted by Crippen LogP contribution is 2.47. The number of amides is 2. The van der Waals surface area contributed by atoms with E-state index in [0.29, 0.717) is 25.3 Å². The summed E-state index contributed by atoms with van der Waals surface area (Å²) in [5.41, 5.74) is -0.0100. The third-order valence-corrected chi connectivity index (χ3v) is 4.83. The van der Waals surface area contributed by atoms with Gasteiger partial charge in [-0.05, 0) is 51.2 Å². The lowest BCUT2D eigenvalue weighted by atomic mass is 9.64. The second-order valence-electron chi connectivity index (χ2n) is 7.15. The van der Waals surface area contributed by atoms with Crippen LogP contribution in [0.25, 0.3) is 0 Å². The van der Waals surface area contributed by atoms with Crippen molar-refractivity contribution in [2.45, 2.75) is 51.9 Å². The lowest BCUT2D eigenvalue weighted by molar-refractivity contribution is -0.155. The van der Waals surface area contributed by atoms with Gasteiger partial charge in [0.1, 0.15) is 0 Å². The monoisotopic (exact) mass is 280 g/mol. The fourth-order valence-corrected chi connectivity index (χ4v) is 3.92. The predicted octanol–water partition coefficient (Wildman–Crippen LogP) is 2.28. The highest BCUT2D eigenvalue weighted by Gasteiger charge is 2.45. The molecule has 0 unspecified atom stereocenters. The Hall–Kier alpha value is -0.900. The van der Waals surface area contributed by atoms with Crippen molar-refractivity contribution in [3.63, 3.8) is 0 Å². The van der Waals surface area contributed by atoms with Crippen LogP contribution in [0.1, 0.15) is 51.9 Å². The Morgan fingerprint density at radius 1 is 1.25 bits per heavy atom. The quantitative estimate of drug-likeness (QED) is 0.742. The Labute approximate surface area is 122 Å². The molecule has 0 radical (unpaired) electrons. The predicted molar refractivity (Wildman–Crippen MR) is 79.2 cm³/mol. The van der Waals surface area contributed by atoms with Crippen molar-refractivity contribution in [1.29, 1.82) is 0 Å². The van der Waals surface area contributed by atoms with Gasteiger partial charge in [-0.2, -0.15) is 0 Å². The van der Waals surface area contributed by atoms with E-state index in [0.717, 1.165) is 25.8 Å². The van der Waals surface area contributed by atoms with E-state index in [2.05, 4.69) is 11.8 Å². The SMILES string of the molecule is C[C@H]1CCCC2(CC(=O)N(CCCN(C)C)C(=O)C2)C1. The molecule has 1 saturated heterocycles. The van der Waals surface area contributed by atoms with Gasteiger partial charge in [-0.15, -0.1) is 0 Å². The summed E-state index contributed by atoms with van der Waals surface area (Å²) in [7, 11) is 4.02. The molecular weight excluding hydrogens is 252 g/mol. The van der Waals surface area contributed by atoms with Crippen LogP contribution in [0, 0.1) is 11.3 Å². The number of piperidine rings is 1. The molecule has 1 atom stereocenters. The highest BCUT2D eigenvalue weighted by molar-refractivity contribution is 5.98. The molecular formula is C16H28N2O2. The zero-order chi connectivity index (χ0) is 14.8. The molecule has 1 heterocycles. The largest absolute Gasteiger partial charge is 0.309 e. The molecule has 2 rings (SSSR count). The van der Waals surface area contributed by atoms with Crippen LogP contribution in [0.15, 0.2) is 0 Å². The molecule has 0 aromatic rings. The average molecular weight is 280 g/mol. The maximum absolute atomic E-state index is 12.4. The molecule has 1 saturated carbocycles. The van der Waals surface area contributed by atoms with Crippen LogP contribution in [0.3, 0.4) is 0 Å². The molecule has 20 heavy (non-hydrogen) atoms. The van der Waals surface area contributed by atoms with Crippen LogP contribution in [0.4, 0.5) is 0 Å². The number of hydrogen-bond donors (Lipinski definition) is 0. The van der Waals surface area contributed by atoms with Gasteiger partial charge in [0, 0.05) is 19.4 Å². The fourth-order valence-electron chi connectivity index (χ4n) is 3.92. The van der Waals surface area contributed by atoms with E-state index in [4.69, 9.17) is 0 Å². The molecule has 4 heteroatoms. The third kappa shape index (κ3) is 3.60. The molecule has 0 N–H and O–H groups in total. The van der Waals surface area contributed by atoms with Crippen LogP contribution in [0.5, 0.6) is 0 Å². The smallest absolute Gasteiger partial charge is 0.229 e. The molecule has 2 fully saturated rings. The first-order valence-corrected chi connectivity index (χ1v) is 7.90. The summed E-state index contributed by atoms with van der Waals surface area (Å²) in [5.74, 6) is 0.785. The van der Waals surface area contributed by atoms with Crippen molar-refractivity contribution in [1.82, 2.24) is 9.80 Å². The topological polar surface area (TPSA) is 40.6 Å². The minimum atomic E-state index is -0.0100. The van der Waals surface area contributed by atoms with Crippen LogP contribution in [-0.4, -0.2) is 48.8 Å². The van der Waals surface area contributed by atoms with Gasteiger partial charge in [0.15, 0.2) is 0 Å². The van der Waals surface area contributed by atoms with Crippen LogP contribution in [0.2, 0.25) is 0 Å². The summed E-state index contributed by atoms with van der Waals surface area (Å²) in [6.07, 6.45) is 6.57. The van der Waals surface area contributed by atoms with Gasteiger partial charge in [0.25, 0.3) is 0 Å². The number of carbonyl (C=O) groups is 2. The van der Waals surface area contributed by atoms with E-state index in [9.17, 15) is 9.59 Å². The molecule has 4 nitrogen and oxygen atoms in total. The Morgan fingerprint density at radius 3 is 2.45 bits per heavy atom. The molecule has 114 valence electrons. The van der Waals surface area contributed by atoms with E-state index >= 15 is 0 Å². The molecule has 2 amide bonds. The molecule has 0 aromatic heterocycles. The lowest BCUT2D eigenvalue weighted by Crippen LogP contribution is -2.49. The maximum atomic E-state index is 12.4. The Balaban J connectivity index is 1.94. The minimum absolute atomic E-state index is 0.0100. The molecule has 0 aromatic carbocycles. The number of nitrogens with zero attached hydrogens (tertiary/aromatic N) is 2. The number of carbonyl (C=O) groups excluding carboxylic acids is 2. The number of likely N-dealkylation sites (tertiary alicyclic amines) is 1. The van der Waals surface area contributed by atoms with Crippen molar-refractivity contribution >= 4 is 11.8 Å². The third-order valence-electron chi connectivity index (χ3n) is 4.83. The normalized spacial score (nSPS) is 26.6. The second-order valence-corrected chi connectivity index (χ2v) is 7.15. The zero-order valence-electron chi connectivity index (χ0n) is 13.2. The second kappa shape index (κ2) is 6.25. The van der Waals surface area contributed by atoms with Crippen LogP contribution >= 0.6 is 0 Å². The van der Waals surface area contributed by atoms with E-state index in [-0.39, 0.29) is 17.2 Å². The van der Waals surface area contributed by atoms with Gasteiger partial charge < -0.3 is 4.90 Å². The van der Waals surface area contributed by atoms with Crippen LogP contribution < -0.4 is 0 Å². The Bertz CT molecular complexity index is 361. The van der Waals surface area contributed by atoms with Gasteiger partial charge in [0.2, 0.25) is 11.8 Å². The average Bonchev–Trinajstić information content (AvgIpc) is 2.32. The highest BCUT2D eigenvalue weighted by atomic mass is 16.2. The molecule has 0 bridgehead atoms. The van der Waals surface area contributed by atoms with Gasteiger partial charge in [-0.3, -0.25) is 14.5 Å². The summed E-state index contributed by atoms with van der Waals surface area (Å²) in [6.45, 7) is 3.75. The van der Waals surface area contributed by atoms with E-state index in [1.165, 1.54) is 17.7 Å². The summed E-state index contributed by atoms with van der Waals surface area (Å²) < 4.78 is 0. The van der Waals surface area contributed by atoms with Gasteiger partial charge in [0.05, 0.1) is 0 Å². The van der Waals surface area contributed by atoms with E-state index in [1.54, 1.807) is 0 Å². The summed E-state index contributed by atoms with van der Waals surface area (Å²) in [4.78, 5) is 28.3. The van der Waals surface area contributed by atoms with Crippen molar-refractivity contribution in [2.24, 2.45) is 11.3 Å².